The summed E-state index contributed by atoms with van der Waals surface area (Å²) in [6, 6.07) is 6.40. The highest BCUT2D eigenvalue weighted by atomic mass is 19.1. The molecule has 0 heterocycles. The molecular formula is C15H20FNO. The molecule has 1 aliphatic rings. The van der Waals surface area contributed by atoms with Gasteiger partial charge in [-0.1, -0.05) is 37.1 Å². The predicted octanol–water partition coefficient (Wildman–Crippen LogP) is 2.73. The summed E-state index contributed by atoms with van der Waals surface area (Å²) in [6.07, 6.45) is 8.01. The lowest BCUT2D eigenvalue weighted by Crippen LogP contribution is -2.37. The summed E-state index contributed by atoms with van der Waals surface area (Å²) in [5.74, 6) is -0.214. The SMILES string of the molecule is OC1(CNC/C=C/c2ccc(F)cc2)CCCC1. The highest BCUT2D eigenvalue weighted by Gasteiger charge is 2.29. The number of nitrogens with one attached hydrogen (secondary N) is 1. The first kappa shape index (κ1) is 13.2. The predicted molar refractivity (Wildman–Crippen MR) is 71.7 cm³/mol. The Morgan fingerprint density at radius 2 is 1.89 bits per heavy atom. The van der Waals surface area contributed by atoms with E-state index in [0.717, 1.165) is 37.8 Å². The largest absolute Gasteiger partial charge is 0.389 e. The molecule has 0 amide bonds. The normalized spacial score (nSPS) is 18.6. The van der Waals surface area contributed by atoms with Gasteiger partial charge in [-0.15, -0.1) is 0 Å². The van der Waals surface area contributed by atoms with Crippen molar-refractivity contribution in [3.8, 4) is 0 Å². The third-order valence-corrected chi connectivity index (χ3v) is 3.43. The van der Waals surface area contributed by atoms with Gasteiger partial charge in [-0.3, -0.25) is 0 Å². The highest BCUT2D eigenvalue weighted by molar-refractivity contribution is 5.48. The van der Waals surface area contributed by atoms with Crippen molar-refractivity contribution in [2.24, 2.45) is 0 Å². The average Bonchev–Trinajstić information content (AvgIpc) is 2.78. The van der Waals surface area contributed by atoms with Crippen LogP contribution in [0.2, 0.25) is 0 Å². The monoisotopic (exact) mass is 249 g/mol. The second-order valence-corrected chi connectivity index (χ2v) is 5.02. The fourth-order valence-electron chi connectivity index (χ4n) is 2.37. The Morgan fingerprint density at radius 3 is 2.56 bits per heavy atom. The molecule has 0 aliphatic heterocycles. The molecule has 1 saturated carbocycles. The molecule has 1 fully saturated rings. The number of hydrogen-bond acceptors (Lipinski definition) is 2. The molecule has 1 aromatic rings. The topological polar surface area (TPSA) is 32.3 Å². The van der Waals surface area contributed by atoms with Gasteiger partial charge in [-0.25, -0.2) is 4.39 Å². The number of aliphatic hydroxyl groups is 1. The van der Waals surface area contributed by atoms with Crippen molar-refractivity contribution in [2.75, 3.05) is 13.1 Å². The van der Waals surface area contributed by atoms with Crippen LogP contribution < -0.4 is 5.32 Å². The molecule has 2 nitrogen and oxygen atoms in total. The van der Waals surface area contributed by atoms with Gasteiger partial charge in [0.1, 0.15) is 5.82 Å². The molecule has 0 saturated heterocycles. The minimum Gasteiger partial charge on any atom is -0.389 e. The van der Waals surface area contributed by atoms with Crippen LogP contribution in [0, 0.1) is 5.82 Å². The minimum atomic E-state index is -0.496. The van der Waals surface area contributed by atoms with E-state index < -0.39 is 5.60 Å². The molecule has 18 heavy (non-hydrogen) atoms. The van der Waals surface area contributed by atoms with Gasteiger partial charge in [0.05, 0.1) is 5.60 Å². The lowest BCUT2D eigenvalue weighted by Gasteiger charge is -2.21. The number of rotatable bonds is 5. The van der Waals surface area contributed by atoms with Crippen LogP contribution >= 0.6 is 0 Å². The molecule has 0 bridgehead atoms. The van der Waals surface area contributed by atoms with E-state index in [9.17, 15) is 9.50 Å². The summed E-state index contributed by atoms with van der Waals surface area (Å²) in [4.78, 5) is 0. The summed E-state index contributed by atoms with van der Waals surface area (Å²) < 4.78 is 12.7. The van der Waals surface area contributed by atoms with Gasteiger partial charge < -0.3 is 10.4 Å². The summed E-state index contributed by atoms with van der Waals surface area (Å²) >= 11 is 0. The molecule has 0 atom stereocenters. The Balaban J connectivity index is 1.70. The highest BCUT2D eigenvalue weighted by Crippen LogP contribution is 2.28. The van der Waals surface area contributed by atoms with Crippen LogP contribution in [-0.2, 0) is 0 Å². The lowest BCUT2D eigenvalue weighted by molar-refractivity contribution is 0.0488. The van der Waals surface area contributed by atoms with Crippen LogP contribution in [-0.4, -0.2) is 23.8 Å². The first-order valence-electron chi connectivity index (χ1n) is 6.53. The van der Waals surface area contributed by atoms with E-state index >= 15 is 0 Å². The fourth-order valence-corrected chi connectivity index (χ4v) is 2.37. The van der Waals surface area contributed by atoms with E-state index in [1.807, 2.05) is 12.2 Å². The maximum Gasteiger partial charge on any atom is 0.123 e. The summed E-state index contributed by atoms with van der Waals surface area (Å²) in [5, 5.41) is 13.3. The first-order valence-corrected chi connectivity index (χ1v) is 6.53. The number of benzene rings is 1. The van der Waals surface area contributed by atoms with Crippen LogP contribution in [0.4, 0.5) is 4.39 Å². The van der Waals surface area contributed by atoms with Crippen molar-refractivity contribution in [2.45, 2.75) is 31.3 Å². The molecule has 3 heteroatoms. The molecule has 0 spiro atoms. The average molecular weight is 249 g/mol. The maximum absolute atomic E-state index is 12.7. The van der Waals surface area contributed by atoms with Crippen LogP contribution in [0.25, 0.3) is 6.08 Å². The number of hydrogen-bond donors (Lipinski definition) is 2. The summed E-state index contributed by atoms with van der Waals surface area (Å²) in [6.45, 7) is 1.38. The fraction of sp³-hybridized carbons (Fsp3) is 0.467. The van der Waals surface area contributed by atoms with Gasteiger partial charge >= 0.3 is 0 Å². The Morgan fingerprint density at radius 1 is 1.22 bits per heavy atom. The molecule has 98 valence electrons. The van der Waals surface area contributed by atoms with E-state index in [4.69, 9.17) is 0 Å². The van der Waals surface area contributed by atoms with E-state index in [1.165, 1.54) is 12.1 Å². The minimum absolute atomic E-state index is 0.214. The lowest BCUT2D eigenvalue weighted by atomic mass is 10.0. The Kier molecular flexibility index (Phi) is 4.50. The zero-order valence-corrected chi connectivity index (χ0v) is 10.5. The van der Waals surface area contributed by atoms with E-state index in [0.29, 0.717) is 6.54 Å². The van der Waals surface area contributed by atoms with Crippen LogP contribution in [0.5, 0.6) is 0 Å². The van der Waals surface area contributed by atoms with Crippen LogP contribution in [0.1, 0.15) is 31.2 Å². The molecule has 1 aromatic carbocycles. The van der Waals surface area contributed by atoms with Gasteiger partial charge in [0.15, 0.2) is 0 Å². The maximum atomic E-state index is 12.7. The molecular weight excluding hydrogens is 229 g/mol. The zero-order valence-electron chi connectivity index (χ0n) is 10.5. The smallest absolute Gasteiger partial charge is 0.123 e. The number of halogens is 1. The van der Waals surface area contributed by atoms with Crippen LogP contribution in [0.3, 0.4) is 0 Å². The Labute approximate surface area is 108 Å². The molecule has 0 aromatic heterocycles. The molecule has 0 unspecified atom stereocenters. The third-order valence-electron chi connectivity index (χ3n) is 3.43. The standard InChI is InChI=1S/C15H20FNO/c16-14-7-5-13(6-8-14)4-3-11-17-12-15(18)9-1-2-10-15/h3-8,17-18H,1-2,9-12H2/b4-3+. The Hall–Kier alpha value is -1.19. The molecule has 2 N–H and O–H groups in total. The second kappa shape index (κ2) is 6.12. The van der Waals surface area contributed by atoms with Crippen molar-refractivity contribution < 1.29 is 9.50 Å². The second-order valence-electron chi connectivity index (χ2n) is 5.02. The molecule has 0 radical (unpaired) electrons. The quantitative estimate of drug-likeness (QED) is 0.786. The zero-order chi connectivity index (χ0) is 12.8. The van der Waals surface area contributed by atoms with Crippen molar-refractivity contribution in [3.63, 3.8) is 0 Å². The van der Waals surface area contributed by atoms with Crippen molar-refractivity contribution in [1.29, 1.82) is 0 Å². The summed E-state index contributed by atoms with van der Waals surface area (Å²) in [5.41, 5.74) is 0.488. The van der Waals surface area contributed by atoms with E-state index in [1.54, 1.807) is 12.1 Å². The van der Waals surface area contributed by atoms with Gasteiger partial charge in [-0.2, -0.15) is 0 Å². The van der Waals surface area contributed by atoms with Crippen molar-refractivity contribution >= 4 is 6.08 Å². The van der Waals surface area contributed by atoms with Gasteiger partial charge in [0.2, 0.25) is 0 Å². The molecule has 2 rings (SSSR count). The van der Waals surface area contributed by atoms with Gasteiger partial charge in [0.25, 0.3) is 0 Å². The Bertz CT molecular complexity index is 393. The first-order chi connectivity index (χ1) is 8.68. The summed E-state index contributed by atoms with van der Waals surface area (Å²) in [7, 11) is 0. The van der Waals surface area contributed by atoms with Gasteiger partial charge in [0, 0.05) is 13.1 Å². The third kappa shape index (κ3) is 3.93. The van der Waals surface area contributed by atoms with Crippen LogP contribution in [0.15, 0.2) is 30.3 Å². The van der Waals surface area contributed by atoms with Crippen molar-refractivity contribution in [3.05, 3.63) is 41.7 Å². The van der Waals surface area contributed by atoms with E-state index in [2.05, 4.69) is 5.32 Å². The molecule has 1 aliphatic carbocycles. The van der Waals surface area contributed by atoms with E-state index in [-0.39, 0.29) is 5.82 Å². The van der Waals surface area contributed by atoms with Crippen molar-refractivity contribution in [1.82, 2.24) is 5.32 Å². The van der Waals surface area contributed by atoms with Gasteiger partial charge in [-0.05, 0) is 30.5 Å².